The lowest BCUT2D eigenvalue weighted by atomic mass is 10.2. The van der Waals surface area contributed by atoms with Gasteiger partial charge in [-0.05, 0) is 24.1 Å². The van der Waals surface area contributed by atoms with Crippen molar-refractivity contribution in [3.8, 4) is 0 Å². The van der Waals surface area contributed by atoms with Crippen LogP contribution in [0.1, 0.15) is 29.3 Å². The van der Waals surface area contributed by atoms with Crippen LogP contribution >= 0.6 is 0 Å². The molecule has 1 aromatic heterocycles. The Balaban J connectivity index is 1.98. The number of carbonyl (C=O) groups excluding carboxylic acids is 1. The van der Waals surface area contributed by atoms with Gasteiger partial charge in [0.2, 0.25) is 0 Å². The smallest absolute Gasteiger partial charge is 0.255 e. The van der Waals surface area contributed by atoms with Crippen LogP contribution in [0.3, 0.4) is 0 Å². The molecular formula is C17H21N3O. The molecule has 21 heavy (non-hydrogen) atoms. The number of hydrogen-bond acceptors (Lipinski definition) is 3. The van der Waals surface area contributed by atoms with Crippen molar-refractivity contribution in [3.63, 3.8) is 0 Å². The highest BCUT2D eigenvalue weighted by atomic mass is 16.2. The van der Waals surface area contributed by atoms with Crippen molar-refractivity contribution in [3.05, 3.63) is 59.8 Å². The van der Waals surface area contributed by atoms with Gasteiger partial charge < -0.3 is 10.2 Å². The molecule has 0 bridgehead atoms. The predicted octanol–water partition coefficient (Wildman–Crippen LogP) is 3.18. The molecule has 0 saturated carbocycles. The van der Waals surface area contributed by atoms with Crippen molar-refractivity contribution in [1.82, 2.24) is 9.88 Å². The van der Waals surface area contributed by atoms with Gasteiger partial charge in [-0.25, -0.2) is 4.98 Å². The third-order valence-corrected chi connectivity index (χ3v) is 3.18. The lowest BCUT2D eigenvalue weighted by Gasteiger charge is -2.17. The van der Waals surface area contributed by atoms with Crippen molar-refractivity contribution in [1.29, 1.82) is 0 Å². The van der Waals surface area contributed by atoms with E-state index in [4.69, 9.17) is 0 Å². The molecule has 0 aliphatic rings. The van der Waals surface area contributed by atoms with Gasteiger partial charge >= 0.3 is 0 Å². The summed E-state index contributed by atoms with van der Waals surface area (Å²) in [5.74, 6) is 0.785. The molecule has 2 aromatic rings. The average Bonchev–Trinajstić information content (AvgIpc) is 2.53. The van der Waals surface area contributed by atoms with Gasteiger partial charge in [0.1, 0.15) is 5.82 Å². The molecule has 4 heteroatoms. The first-order chi connectivity index (χ1) is 10.2. The van der Waals surface area contributed by atoms with E-state index in [1.165, 1.54) is 0 Å². The first-order valence-corrected chi connectivity index (χ1v) is 7.20. The van der Waals surface area contributed by atoms with E-state index >= 15 is 0 Å². The van der Waals surface area contributed by atoms with Gasteiger partial charge in [0.25, 0.3) is 5.91 Å². The molecule has 0 fully saturated rings. The fourth-order valence-electron chi connectivity index (χ4n) is 2.03. The standard InChI is InChI=1S/C17H21N3O/c1-3-11-18-16-10-9-15(12-19-16)17(21)20(2)13-14-7-5-4-6-8-14/h4-10,12H,3,11,13H2,1-2H3,(H,18,19). The molecule has 0 aliphatic heterocycles. The minimum absolute atomic E-state index is 0.0200. The van der Waals surface area contributed by atoms with E-state index in [1.54, 1.807) is 18.1 Å². The van der Waals surface area contributed by atoms with E-state index in [0.29, 0.717) is 12.1 Å². The predicted molar refractivity (Wildman–Crippen MR) is 85.3 cm³/mol. The van der Waals surface area contributed by atoms with Gasteiger partial charge in [-0.15, -0.1) is 0 Å². The second kappa shape index (κ2) is 7.43. The van der Waals surface area contributed by atoms with E-state index in [1.807, 2.05) is 42.5 Å². The van der Waals surface area contributed by atoms with Crippen LogP contribution in [-0.4, -0.2) is 29.4 Å². The molecule has 1 amide bonds. The molecule has 2 rings (SSSR count). The highest BCUT2D eigenvalue weighted by Crippen LogP contribution is 2.10. The third kappa shape index (κ3) is 4.31. The molecule has 0 saturated heterocycles. The summed E-state index contributed by atoms with van der Waals surface area (Å²) in [6, 6.07) is 13.6. The highest BCUT2D eigenvalue weighted by Gasteiger charge is 2.12. The lowest BCUT2D eigenvalue weighted by Crippen LogP contribution is -2.26. The van der Waals surface area contributed by atoms with Crippen LogP contribution in [0.25, 0.3) is 0 Å². The second-order valence-electron chi connectivity index (χ2n) is 5.01. The number of nitrogens with zero attached hydrogens (tertiary/aromatic N) is 2. The van der Waals surface area contributed by atoms with E-state index in [-0.39, 0.29) is 5.91 Å². The number of nitrogens with one attached hydrogen (secondary N) is 1. The van der Waals surface area contributed by atoms with Gasteiger partial charge in [0, 0.05) is 26.3 Å². The number of benzene rings is 1. The Morgan fingerprint density at radius 2 is 1.95 bits per heavy atom. The Bertz CT molecular complexity index is 566. The lowest BCUT2D eigenvalue weighted by molar-refractivity contribution is 0.0784. The Labute approximate surface area is 125 Å². The van der Waals surface area contributed by atoms with E-state index < -0.39 is 0 Å². The van der Waals surface area contributed by atoms with Gasteiger partial charge in [0.15, 0.2) is 0 Å². The van der Waals surface area contributed by atoms with Crippen molar-refractivity contribution in [2.75, 3.05) is 18.9 Å². The number of anilines is 1. The Morgan fingerprint density at radius 1 is 1.19 bits per heavy atom. The van der Waals surface area contributed by atoms with E-state index in [2.05, 4.69) is 17.2 Å². The number of aromatic nitrogens is 1. The van der Waals surface area contributed by atoms with E-state index in [9.17, 15) is 4.79 Å². The maximum Gasteiger partial charge on any atom is 0.255 e. The van der Waals surface area contributed by atoms with Crippen LogP contribution in [-0.2, 0) is 6.54 Å². The van der Waals surface area contributed by atoms with Gasteiger partial charge in [-0.3, -0.25) is 4.79 Å². The molecule has 0 atom stereocenters. The molecule has 0 radical (unpaired) electrons. The average molecular weight is 283 g/mol. The summed E-state index contributed by atoms with van der Waals surface area (Å²) >= 11 is 0. The molecule has 1 heterocycles. The number of rotatable bonds is 6. The summed E-state index contributed by atoms with van der Waals surface area (Å²) in [6.45, 7) is 3.58. The van der Waals surface area contributed by atoms with Crippen molar-refractivity contribution < 1.29 is 4.79 Å². The minimum Gasteiger partial charge on any atom is -0.370 e. The molecule has 1 aromatic carbocycles. The Morgan fingerprint density at radius 3 is 2.57 bits per heavy atom. The maximum atomic E-state index is 12.3. The summed E-state index contributed by atoms with van der Waals surface area (Å²) in [4.78, 5) is 18.3. The molecule has 0 unspecified atom stereocenters. The Kier molecular flexibility index (Phi) is 5.32. The van der Waals surface area contributed by atoms with Crippen molar-refractivity contribution in [2.45, 2.75) is 19.9 Å². The Hall–Kier alpha value is -2.36. The first kappa shape index (κ1) is 15.0. The molecule has 0 spiro atoms. The van der Waals surface area contributed by atoms with Crippen LogP contribution in [0.4, 0.5) is 5.82 Å². The number of hydrogen-bond donors (Lipinski definition) is 1. The maximum absolute atomic E-state index is 12.3. The van der Waals surface area contributed by atoms with Gasteiger partial charge in [-0.1, -0.05) is 37.3 Å². The van der Waals surface area contributed by atoms with Crippen molar-refractivity contribution in [2.24, 2.45) is 0 Å². The minimum atomic E-state index is -0.0200. The van der Waals surface area contributed by atoms with E-state index in [0.717, 1.165) is 24.3 Å². The van der Waals surface area contributed by atoms with Crippen LogP contribution in [0, 0.1) is 0 Å². The van der Waals surface area contributed by atoms with Crippen LogP contribution < -0.4 is 5.32 Å². The fourth-order valence-corrected chi connectivity index (χ4v) is 2.03. The summed E-state index contributed by atoms with van der Waals surface area (Å²) in [7, 11) is 1.80. The largest absolute Gasteiger partial charge is 0.370 e. The van der Waals surface area contributed by atoms with Crippen molar-refractivity contribution >= 4 is 11.7 Å². The molecule has 4 nitrogen and oxygen atoms in total. The number of pyridine rings is 1. The number of amides is 1. The second-order valence-corrected chi connectivity index (χ2v) is 5.01. The normalized spacial score (nSPS) is 10.2. The summed E-state index contributed by atoms with van der Waals surface area (Å²) < 4.78 is 0. The molecular weight excluding hydrogens is 262 g/mol. The highest BCUT2D eigenvalue weighted by molar-refractivity contribution is 5.93. The topological polar surface area (TPSA) is 45.2 Å². The third-order valence-electron chi connectivity index (χ3n) is 3.18. The molecule has 1 N–H and O–H groups in total. The van der Waals surface area contributed by atoms with Crippen LogP contribution in [0.15, 0.2) is 48.7 Å². The summed E-state index contributed by atoms with van der Waals surface area (Å²) in [5, 5.41) is 3.19. The zero-order chi connectivity index (χ0) is 15.1. The molecule has 0 aliphatic carbocycles. The number of carbonyl (C=O) groups is 1. The quantitative estimate of drug-likeness (QED) is 0.885. The summed E-state index contributed by atoms with van der Waals surface area (Å²) in [5.41, 5.74) is 1.72. The van der Waals surface area contributed by atoms with Crippen LogP contribution in [0.2, 0.25) is 0 Å². The zero-order valence-corrected chi connectivity index (χ0v) is 12.5. The van der Waals surface area contributed by atoms with Crippen LogP contribution in [0.5, 0.6) is 0 Å². The fraction of sp³-hybridized carbons (Fsp3) is 0.294. The van der Waals surface area contributed by atoms with Gasteiger partial charge in [-0.2, -0.15) is 0 Å². The molecule has 110 valence electrons. The summed E-state index contributed by atoms with van der Waals surface area (Å²) in [6.07, 6.45) is 2.67. The zero-order valence-electron chi connectivity index (χ0n) is 12.5. The monoisotopic (exact) mass is 283 g/mol. The first-order valence-electron chi connectivity index (χ1n) is 7.20. The van der Waals surface area contributed by atoms with Gasteiger partial charge in [0.05, 0.1) is 5.56 Å². The SMILES string of the molecule is CCCNc1ccc(C(=O)N(C)Cc2ccccc2)cn1.